The van der Waals surface area contributed by atoms with Crippen molar-refractivity contribution in [1.82, 2.24) is 19.7 Å². The van der Waals surface area contributed by atoms with Crippen LogP contribution >= 0.6 is 11.6 Å². The van der Waals surface area contributed by atoms with Gasteiger partial charge >= 0.3 is 0 Å². The summed E-state index contributed by atoms with van der Waals surface area (Å²) >= 11 is 6.18. The zero-order valence-corrected chi connectivity index (χ0v) is 19.7. The first kappa shape index (κ1) is 22.3. The second-order valence-electron chi connectivity index (χ2n) is 9.18. The van der Waals surface area contributed by atoms with E-state index in [1.54, 1.807) is 6.07 Å². The van der Waals surface area contributed by atoms with Crippen molar-refractivity contribution < 1.29 is 21.7 Å². The summed E-state index contributed by atoms with van der Waals surface area (Å²) in [6.07, 6.45) is 7.10. The van der Waals surface area contributed by atoms with Crippen LogP contribution in [0.4, 0.5) is 10.2 Å². The van der Waals surface area contributed by atoms with E-state index in [0.29, 0.717) is 23.0 Å². The van der Waals surface area contributed by atoms with Crippen molar-refractivity contribution in [3.8, 4) is 5.75 Å². The van der Waals surface area contributed by atoms with Gasteiger partial charge < -0.3 is 10.1 Å². The monoisotopic (exact) mass is 495 g/mol. The average Bonchev–Trinajstić information content (AvgIpc) is 3.11. The highest BCUT2D eigenvalue weighted by atomic mass is 35.5. The summed E-state index contributed by atoms with van der Waals surface area (Å²) in [5.41, 5.74) is 0.903. The van der Waals surface area contributed by atoms with Crippen LogP contribution in [-0.2, 0) is 27.4 Å². The van der Waals surface area contributed by atoms with Crippen LogP contribution in [0.25, 0.3) is 11.0 Å². The summed E-state index contributed by atoms with van der Waals surface area (Å²) in [7, 11) is -2.02. The Morgan fingerprint density at radius 3 is 2.70 bits per heavy atom. The molecule has 1 N–H and O–H groups in total. The van der Waals surface area contributed by atoms with Gasteiger partial charge in [-0.25, -0.2) is 14.4 Å². The number of nitrogens with zero attached hydrogens (tertiary/aromatic N) is 4. The third-order valence-electron chi connectivity index (χ3n) is 6.49. The van der Waals surface area contributed by atoms with E-state index in [4.69, 9.17) is 20.5 Å². The van der Waals surface area contributed by atoms with E-state index < -0.39 is 15.9 Å². The molecule has 2 heterocycles. The number of rotatable bonds is 9. The second-order valence-corrected chi connectivity index (χ2v) is 11.2. The van der Waals surface area contributed by atoms with Crippen LogP contribution < -0.4 is 10.1 Å². The molecule has 0 radical (unpaired) electrons. The fourth-order valence-electron chi connectivity index (χ4n) is 5.30. The number of benzene rings is 1. The zero-order valence-electron chi connectivity index (χ0n) is 18.1. The van der Waals surface area contributed by atoms with Gasteiger partial charge in [0.1, 0.15) is 12.1 Å². The SMILES string of the molecule is COc1ccc(Cl)c(CNc2ncnc3nn(CC45CC(COS(C)(=O)=O)(C4)C5)cc23)c1F. The third-order valence-corrected chi connectivity index (χ3v) is 7.39. The summed E-state index contributed by atoms with van der Waals surface area (Å²) in [4.78, 5) is 8.54. The molecular formula is C21H23ClFN5O4S. The number of methoxy groups -OCH3 is 1. The lowest BCUT2D eigenvalue weighted by molar-refractivity contribution is -0.226. The van der Waals surface area contributed by atoms with Crippen LogP contribution in [-0.4, -0.2) is 48.1 Å². The Kier molecular flexibility index (Phi) is 5.26. The fraction of sp³-hybridized carbons (Fsp3) is 0.476. The number of aromatic nitrogens is 4. The lowest BCUT2D eigenvalue weighted by Gasteiger charge is -2.70. The zero-order chi connectivity index (χ0) is 23.4. The Balaban J connectivity index is 1.28. The molecular weight excluding hydrogens is 473 g/mol. The summed E-state index contributed by atoms with van der Waals surface area (Å²) in [6, 6.07) is 3.07. The number of hydrogen-bond acceptors (Lipinski definition) is 8. The minimum absolute atomic E-state index is 0.0255. The molecule has 3 aliphatic rings. The van der Waals surface area contributed by atoms with Gasteiger partial charge in [0.2, 0.25) is 0 Å². The molecule has 2 aromatic heterocycles. The quantitative estimate of drug-likeness (QED) is 0.450. The van der Waals surface area contributed by atoms with Crippen molar-refractivity contribution in [3.63, 3.8) is 0 Å². The molecule has 3 aliphatic carbocycles. The van der Waals surface area contributed by atoms with Crippen molar-refractivity contribution in [2.75, 3.05) is 25.3 Å². The van der Waals surface area contributed by atoms with Gasteiger partial charge in [-0.3, -0.25) is 8.86 Å². The first-order valence-corrected chi connectivity index (χ1v) is 12.6. The maximum absolute atomic E-state index is 14.6. The summed E-state index contributed by atoms with van der Waals surface area (Å²) in [5, 5.41) is 8.71. The van der Waals surface area contributed by atoms with E-state index in [1.165, 1.54) is 19.5 Å². The molecule has 0 saturated heterocycles. The lowest BCUT2D eigenvalue weighted by atomic mass is 9.35. The van der Waals surface area contributed by atoms with Crippen molar-refractivity contribution in [1.29, 1.82) is 0 Å². The standard InChI is InChI=1S/C21H23ClFN5O4S/c1-31-16-4-3-15(22)13(17(16)23)5-24-18-14-6-28(27-19(14)26-12-25-18)10-20-7-21(8-20,9-20)11-32-33(2,29)30/h3-4,6,12H,5,7-11H2,1-2H3,(H,24,25,26,27). The molecule has 0 unspecified atom stereocenters. The molecule has 1 aromatic carbocycles. The Morgan fingerprint density at radius 1 is 1.24 bits per heavy atom. The van der Waals surface area contributed by atoms with Crippen LogP contribution in [0, 0.1) is 16.6 Å². The molecule has 3 fully saturated rings. The third kappa shape index (κ3) is 4.13. The minimum atomic E-state index is -3.42. The number of hydrogen-bond donors (Lipinski definition) is 1. The van der Waals surface area contributed by atoms with E-state index in [9.17, 15) is 12.8 Å². The molecule has 3 saturated carbocycles. The van der Waals surface area contributed by atoms with Crippen molar-refractivity contribution in [3.05, 3.63) is 41.1 Å². The fourth-order valence-corrected chi connectivity index (χ4v) is 5.98. The van der Waals surface area contributed by atoms with E-state index in [0.717, 1.165) is 30.9 Å². The molecule has 0 atom stereocenters. The molecule has 176 valence electrons. The van der Waals surface area contributed by atoms with Crippen molar-refractivity contribution in [2.24, 2.45) is 10.8 Å². The first-order chi connectivity index (χ1) is 15.6. The van der Waals surface area contributed by atoms with Crippen molar-refractivity contribution >= 4 is 38.6 Å². The van der Waals surface area contributed by atoms with E-state index >= 15 is 0 Å². The normalized spacial score (nSPS) is 23.8. The van der Waals surface area contributed by atoms with Crippen LogP contribution in [0.1, 0.15) is 24.8 Å². The largest absolute Gasteiger partial charge is 0.494 e. The second kappa shape index (κ2) is 7.78. The maximum Gasteiger partial charge on any atom is 0.264 e. The van der Waals surface area contributed by atoms with Crippen LogP contribution in [0.15, 0.2) is 24.7 Å². The van der Waals surface area contributed by atoms with Gasteiger partial charge in [-0.15, -0.1) is 0 Å². The summed E-state index contributed by atoms with van der Waals surface area (Å²) < 4.78 is 49.0. The highest BCUT2D eigenvalue weighted by Gasteiger charge is 2.67. The van der Waals surface area contributed by atoms with Gasteiger partial charge in [0.05, 0.1) is 25.4 Å². The van der Waals surface area contributed by atoms with Gasteiger partial charge in [-0.1, -0.05) is 11.6 Å². The van der Waals surface area contributed by atoms with Crippen molar-refractivity contribution in [2.45, 2.75) is 32.4 Å². The van der Waals surface area contributed by atoms with E-state index in [-0.39, 0.29) is 35.3 Å². The maximum atomic E-state index is 14.6. The molecule has 3 aromatic rings. The van der Waals surface area contributed by atoms with Crippen LogP contribution in [0.5, 0.6) is 5.75 Å². The molecule has 33 heavy (non-hydrogen) atoms. The lowest BCUT2D eigenvalue weighted by Crippen LogP contribution is -2.65. The summed E-state index contributed by atoms with van der Waals surface area (Å²) in [5.74, 6) is 0.131. The van der Waals surface area contributed by atoms with Crippen LogP contribution in [0.3, 0.4) is 0 Å². The number of fused-ring (bicyclic) bond motifs is 1. The predicted octanol–water partition coefficient (Wildman–Crippen LogP) is 3.39. The molecule has 6 rings (SSSR count). The first-order valence-electron chi connectivity index (χ1n) is 10.4. The highest BCUT2D eigenvalue weighted by molar-refractivity contribution is 7.85. The predicted molar refractivity (Wildman–Crippen MR) is 120 cm³/mol. The molecule has 0 amide bonds. The Morgan fingerprint density at radius 2 is 2.00 bits per heavy atom. The molecule has 2 bridgehead atoms. The number of ether oxygens (including phenoxy) is 1. The molecule has 0 spiro atoms. The van der Waals surface area contributed by atoms with Gasteiger partial charge in [-0.05, 0) is 42.2 Å². The average molecular weight is 496 g/mol. The Labute approximate surface area is 195 Å². The Bertz CT molecular complexity index is 1330. The van der Waals surface area contributed by atoms with Gasteiger partial charge in [0.15, 0.2) is 17.2 Å². The molecule has 0 aliphatic heterocycles. The van der Waals surface area contributed by atoms with Crippen LogP contribution in [0.2, 0.25) is 5.02 Å². The molecule has 9 nitrogen and oxygen atoms in total. The van der Waals surface area contributed by atoms with E-state index in [2.05, 4.69) is 20.4 Å². The van der Waals surface area contributed by atoms with Gasteiger partial charge in [0, 0.05) is 29.9 Å². The van der Waals surface area contributed by atoms with Gasteiger partial charge in [0.25, 0.3) is 10.1 Å². The summed E-state index contributed by atoms with van der Waals surface area (Å²) in [6.45, 7) is 1.07. The number of anilines is 1. The highest BCUT2D eigenvalue weighted by Crippen LogP contribution is 2.74. The smallest absolute Gasteiger partial charge is 0.264 e. The topological polar surface area (TPSA) is 108 Å². The Hall–Kier alpha value is -2.50. The molecule has 12 heteroatoms. The van der Waals surface area contributed by atoms with Gasteiger partial charge in [-0.2, -0.15) is 13.5 Å². The number of nitrogens with one attached hydrogen (secondary N) is 1. The minimum Gasteiger partial charge on any atom is -0.494 e. The van der Waals surface area contributed by atoms with E-state index in [1.807, 2.05) is 10.9 Å². The number of halogens is 2.